The lowest BCUT2D eigenvalue weighted by Crippen LogP contribution is -2.46. The van der Waals surface area contributed by atoms with Crippen molar-refractivity contribution < 1.29 is 22.1 Å². The third kappa shape index (κ3) is 6.96. The largest absolute Gasteiger partial charge is 0.379 e. The molecule has 0 spiro atoms. The highest BCUT2D eigenvalue weighted by molar-refractivity contribution is 7.88. The number of para-hydroxylation sites is 1. The molecule has 144 valence electrons. The molecule has 5 nitrogen and oxygen atoms in total. The van der Waals surface area contributed by atoms with Crippen LogP contribution in [0.5, 0.6) is 5.75 Å². The maximum Gasteiger partial charge on any atom is 0.366 e. The summed E-state index contributed by atoms with van der Waals surface area (Å²) in [5.41, 5.74) is 0. The number of hydrogen-bond donors (Lipinski definition) is 0. The molecule has 0 atom stereocenters. The Bertz CT molecular complexity index is 550. The van der Waals surface area contributed by atoms with E-state index in [-0.39, 0.29) is 25.4 Å². The summed E-state index contributed by atoms with van der Waals surface area (Å²) in [4.78, 5) is 0. The molecule has 0 amide bonds. The second kappa shape index (κ2) is 11.5. The molecule has 1 rings (SSSR count). The van der Waals surface area contributed by atoms with Crippen LogP contribution in [0.25, 0.3) is 0 Å². The molecule has 0 bridgehead atoms. The molecule has 1 aromatic carbocycles. The van der Waals surface area contributed by atoms with Crippen LogP contribution >= 0.6 is 0 Å². The SMILES string of the molecule is CCCCCCCCC(OCC)(OCC)S(=O)(=O)Oc1ccccc1. The fourth-order valence-corrected chi connectivity index (χ4v) is 4.09. The van der Waals surface area contributed by atoms with Gasteiger partial charge in [-0.1, -0.05) is 57.2 Å². The molecule has 0 aliphatic carbocycles. The van der Waals surface area contributed by atoms with E-state index >= 15 is 0 Å². The minimum absolute atomic E-state index is 0.229. The van der Waals surface area contributed by atoms with Gasteiger partial charge in [0.2, 0.25) is 0 Å². The first-order chi connectivity index (χ1) is 12.0. The van der Waals surface area contributed by atoms with E-state index in [0.717, 1.165) is 12.8 Å². The van der Waals surface area contributed by atoms with Gasteiger partial charge in [-0.25, -0.2) is 0 Å². The standard InChI is InChI=1S/C19H32O5S/c1-4-7-8-9-10-14-17-19(22-5-2,23-6-3)25(20,21)24-18-15-12-11-13-16-18/h11-13,15-16H,4-10,14,17H2,1-3H3. The zero-order valence-electron chi connectivity index (χ0n) is 15.7. The lowest BCUT2D eigenvalue weighted by atomic mass is 10.1. The van der Waals surface area contributed by atoms with Crippen molar-refractivity contribution in [1.29, 1.82) is 0 Å². The second-order valence-electron chi connectivity index (χ2n) is 5.92. The highest BCUT2D eigenvalue weighted by Gasteiger charge is 2.48. The predicted molar refractivity (Wildman–Crippen MR) is 100.0 cm³/mol. The Labute approximate surface area is 152 Å². The van der Waals surface area contributed by atoms with Gasteiger partial charge in [0.15, 0.2) is 0 Å². The summed E-state index contributed by atoms with van der Waals surface area (Å²) in [6.07, 6.45) is 6.56. The molecule has 0 radical (unpaired) electrons. The molecular weight excluding hydrogens is 340 g/mol. The summed E-state index contributed by atoms with van der Waals surface area (Å²) in [6.45, 7) is 6.14. The third-order valence-corrected chi connectivity index (χ3v) is 5.51. The molecule has 0 saturated carbocycles. The number of rotatable bonds is 14. The van der Waals surface area contributed by atoms with E-state index in [1.165, 1.54) is 19.3 Å². The quantitative estimate of drug-likeness (QED) is 0.265. The monoisotopic (exact) mass is 372 g/mol. The number of ether oxygens (including phenoxy) is 2. The summed E-state index contributed by atoms with van der Waals surface area (Å²) in [7, 11) is -4.10. The van der Waals surface area contributed by atoms with Gasteiger partial charge in [-0.3, -0.25) is 0 Å². The van der Waals surface area contributed by atoms with Crippen molar-refractivity contribution in [2.75, 3.05) is 13.2 Å². The number of benzene rings is 1. The second-order valence-corrected chi connectivity index (χ2v) is 7.61. The number of unbranched alkanes of at least 4 members (excludes halogenated alkanes) is 5. The molecule has 0 saturated heterocycles. The van der Waals surface area contributed by atoms with Crippen molar-refractivity contribution in [3.05, 3.63) is 30.3 Å². The van der Waals surface area contributed by atoms with Crippen LogP contribution in [0.3, 0.4) is 0 Å². The highest BCUT2D eigenvalue weighted by atomic mass is 32.2. The van der Waals surface area contributed by atoms with Gasteiger partial charge in [-0.05, 0) is 32.4 Å². The molecule has 0 heterocycles. The Morgan fingerprint density at radius 2 is 1.40 bits per heavy atom. The third-order valence-electron chi connectivity index (χ3n) is 3.90. The average Bonchev–Trinajstić information content (AvgIpc) is 2.58. The van der Waals surface area contributed by atoms with E-state index in [4.69, 9.17) is 13.7 Å². The van der Waals surface area contributed by atoms with Crippen LogP contribution in [0.1, 0.15) is 65.7 Å². The fraction of sp³-hybridized carbons (Fsp3) is 0.684. The van der Waals surface area contributed by atoms with E-state index in [9.17, 15) is 8.42 Å². The van der Waals surface area contributed by atoms with Gasteiger partial charge < -0.3 is 13.7 Å². The molecule has 0 aliphatic rings. The van der Waals surface area contributed by atoms with E-state index in [1.54, 1.807) is 44.2 Å². The Morgan fingerprint density at radius 3 is 1.96 bits per heavy atom. The molecule has 0 fully saturated rings. The Balaban J connectivity index is 2.84. The van der Waals surface area contributed by atoms with Crippen LogP contribution < -0.4 is 4.18 Å². The van der Waals surface area contributed by atoms with Crippen LogP contribution in [0, 0.1) is 0 Å². The molecule has 0 aromatic heterocycles. The minimum atomic E-state index is -4.10. The Hall–Kier alpha value is -1.11. The van der Waals surface area contributed by atoms with Crippen LogP contribution in [0.15, 0.2) is 30.3 Å². The van der Waals surface area contributed by atoms with Gasteiger partial charge in [-0.15, -0.1) is 0 Å². The van der Waals surface area contributed by atoms with Crippen molar-refractivity contribution in [3.8, 4) is 5.75 Å². The molecule has 1 aromatic rings. The van der Waals surface area contributed by atoms with Gasteiger partial charge in [0.05, 0.1) is 0 Å². The normalized spacial score (nSPS) is 12.3. The first-order valence-electron chi connectivity index (χ1n) is 9.28. The molecular formula is C19H32O5S. The Kier molecular flexibility index (Phi) is 10.1. The first kappa shape index (κ1) is 21.9. The van der Waals surface area contributed by atoms with Gasteiger partial charge in [-0.2, -0.15) is 8.42 Å². The molecule has 6 heteroatoms. The van der Waals surface area contributed by atoms with Gasteiger partial charge in [0, 0.05) is 19.6 Å². The zero-order chi connectivity index (χ0) is 18.6. The van der Waals surface area contributed by atoms with Crippen molar-refractivity contribution in [2.24, 2.45) is 0 Å². The van der Waals surface area contributed by atoms with Crippen LogP contribution in [-0.2, 0) is 19.6 Å². The van der Waals surface area contributed by atoms with Crippen molar-refractivity contribution >= 4 is 10.1 Å². The van der Waals surface area contributed by atoms with Crippen molar-refractivity contribution in [2.45, 2.75) is 70.8 Å². The van der Waals surface area contributed by atoms with E-state index in [1.807, 2.05) is 0 Å². The average molecular weight is 373 g/mol. The zero-order valence-corrected chi connectivity index (χ0v) is 16.5. The fourth-order valence-electron chi connectivity index (χ4n) is 2.68. The van der Waals surface area contributed by atoms with Crippen LogP contribution in [0.4, 0.5) is 0 Å². The summed E-state index contributed by atoms with van der Waals surface area (Å²) in [5.74, 6) is 0.259. The molecule has 0 N–H and O–H groups in total. The van der Waals surface area contributed by atoms with Gasteiger partial charge >= 0.3 is 15.2 Å². The summed E-state index contributed by atoms with van der Waals surface area (Å²) in [5, 5.41) is -1.75. The summed E-state index contributed by atoms with van der Waals surface area (Å²) >= 11 is 0. The molecule has 0 aliphatic heterocycles. The summed E-state index contributed by atoms with van der Waals surface area (Å²) in [6, 6.07) is 8.45. The maximum absolute atomic E-state index is 12.9. The lowest BCUT2D eigenvalue weighted by Gasteiger charge is -2.31. The maximum atomic E-state index is 12.9. The van der Waals surface area contributed by atoms with Crippen LogP contribution in [0.2, 0.25) is 0 Å². The minimum Gasteiger partial charge on any atom is -0.379 e. The van der Waals surface area contributed by atoms with Gasteiger partial charge in [0.1, 0.15) is 5.75 Å². The topological polar surface area (TPSA) is 61.8 Å². The van der Waals surface area contributed by atoms with Gasteiger partial charge in [0.25, 0.3) is 0 Å². The summed E-state index contributed by atoms with van der Waals surface area (Å²) < 4.78 is 42.3. The molecule has 25 heavy (non-hydrogen) atoms. The van der Waals surface area contributed by atoms with E-state index in [0.29, 0.717) is 6.42 Å². The number of hydrogen-bond acceptors (Lipinski definition) is 5. The first-order valence-corrected chi connectivity index (χ1v) is 10.7. The van der Waals surface area contributed by atoms with Crippen molar-refractivity contribution in [3.63, 3.8) is 0 Å². The van der Waals surface area contributed by atoms with Crippen molar-refractivity contribution in [1.82, 2.24) is 0 Å². The Morgan fingerprint density at radius 1 is 0.840 bits per heavy atom. The predicted octanol–water partition coefficient (Wildman–Crippen LogP) is 4.87. The lowest BCUT2D eigenvalue weighted by molar-refractivity contribution is -0.180. The highest BCUT2D eigenvalue weighted by Crippen LogP contribution is 2.31. The van der Waals surface area contributed by atoms with E-state index in [2.05, 4.69) is 6.92 Å². The smallest absolute Gasteiger partial charge is 0.366 e. The van der Waals surface area contributed by atoms with Crippen LogP contribution in [-0.4, -0.2) is 26.8 Å². The van der Waals surface area contributed by atoms with E-state index < -0.39 is 15.2 Å². The molecule has 0 unspecified atom stereocenters.